The molecule has 0 bridgehead atoms. The summed E-state index contributed by atoms with van der Waals surface area (Å²) in [5.74, 6) is 2.39. The Hall–Kier alpha value is -1.71. The summed E-state index contributed by atoms with van der Waals surface area (Å²) in [7, 11) is 3.50. The number of piperidine rings is 1. The summed E-state index contributed by atoms with van der Waals surface area (Å²) >= 11 is 0. The van der Waals surface area contributed by atoms with Crippen LogP contribution in [0.15, 0.2) is 29.3 Å². The summed E-state index contributed by atoms with van der Waals surface area (Å²) in [6, 6.07) is 8.27. The van der Waals surface area contributed by atoms with Crippen LogP contribution in [0.2, 0.25) is 0 Å². The number of ether oxygens (including phenoxy) is 2. The molecule has 7 nitrogen and oxygen atoms in total. The van der Waals surface area contributed by atoms with E-state index >= 15 is 0 Å². The summed E-state index contributed by atoms with van der Waals surface area (Å²) in [5.41, 5.74) is 0.682. The van der Waals surface area contributed by atoms with Crippen LogP contribution in [-0.2, 0) is 11.3 Å². The van der Waals surface area contributed by atoms with Crippen LogP contribution in [0.3, 0.4) is 0 Å². The van der Waals surface area contributed by atoms with Gasteiger partial charge in [0.25, 0.3) is 0 Å². The average Bonchev–Trinajstić information content (AvgIpc) is 3.56. The predicted octanol–water partition coefficient (Wildman–Crippen LogP) is 4.50. The molecule has 0 spiro atoms. The van der Waals surface area contributed by atoms with E-state index in [0.29, 0.717) is 12.5 Å². The van der Waals surface area contributed by atoms with Crippen molar-refractivity contribution in [1.29, 1.82) is 0 Å². The molecule has 8 heteroatoms. The van der Waals surface area contributed by atoms with Gasteiger partial charge in [0.1, 0.15) is 11.4 Å². The largest absolute Gasteiger partial charge is 0.497 e. The standard InChI is InChI=1S/C24H38N4O3.HI/c1-24(2,3)31-23(29)28(17-18-9-10-18)20-11-13-27(14-12-20)22(25-4)26-16-19-7-6-8-21(15-19)30-5;/h6-8,15,18,20H,9-14,16-17H2,1-5H3,(H,25,26);1H. The lowest BCUT2D eigenvalue weighted by Gasteiger charge is -2.40. The Morgan fingerprint density at radius 2 is 1.91 bits per heavy atom. The summed E-state index contributed by atoms with van der Waals surface area (Å²) in [4.78, 5) is 21.6. The predicted molar refractivity (Wildman–Crippen MR) is 139 cm³/mol. The van der Waals surface area contributed by atoms with Crippen molar-refractivity contribution < 1.29 is 14.3 Å². The van der Waals surface area contributed by atoms with Crippen molar-refractivity contribution in [2.75, 3.05) is 33.8 Å². The number of guanidine groups is 1. The molecular weight excluding hydrogens is 519 g/mol. The maximum Gasteiger partial charge on any atom is 0.410 e. The van der Waals surface area contributed by atoms with Gasteiger partial charge < -0.3 is 24.6 Å². The van der Waals surface area contributed by atoms with E-state index < -0.39 is 5.60 Å². The van der Waals surface area contributed by atoms with Crippen molar-refractivity contribution in [1.82, 2.24) is 15.1 Å². The van der Waals surface area contributed by atoms with Gasteiger partial charge in [-0.1, -0.05) is 12.1 Å². The Balaban J connectivity index is 0.00000363. The van der Waals surface area contributed by atoms with Crippen molar-refractivity contribution in [2.45, 2.75) is 64.6 Å². The molecule has 1 aromatic rings. The number of carbonyl (C=O) groups is 1. The van der Waals surface area contributed by atoms with Crippen LogP contribution in [-0.4, -0.2) is 67.3 Å². The molecule has 0 radical (unpaired) electrons. The zero-order valence-electron chi connectivity index (χ0n) is 20.1. The number of likely N-dealkylation sites (tertiary alicyclic amines) is 1. The van der Waals surface area contributed by atoms with Gasteiger partial charge in [-0.15, -0.1) is 24.0 Å². The molecule has 0 atom stereocenters. The summed E-state index contributed by atoms with van der Waals surface area (Å²) in [5, 5.41) is 3.46. The fraction of sp³-hybridized carbons (Fsp3) is 0.667. The van der Waals surface area contributed by atoms with E-state index in [4.69, 9.17) is 9.47 Å². The number of nitrogens with zero attached hydrogens (tertiary/aromatic N) is 3. The second-order valence-corrected chi connectivity index (χ2v) is 9.55. The van der Waals surface area contributed by atoms with Gasteiger partial charge in [0, 0.05) is 39.3 Å². The van der Waals surface area contributed by atoms with Gasteiger partial charge in [-0.2, -0.15) is 0 Å². The number of hydrogen-bond acceptors (Lipinski definition) is 4. The van der Waals surface area contributed by atoms with Crippen molar-refractivity contribution in [2.24, 2.45) is 10.9 Å². The molecule has 2 aliphatic rings. The van der Waals surface area contributed by atoms with E-state index in [0.717, 1.165) is 49.7 Å². The smallest absolute Gasteiger partial charge is 0.410 e. The normalized spacial score (nSPS) is 17.4. The number of nitrogens with one attached hydrogen (secondary N) is 1. The zero-order valence-corrected chi connectivity index (χ0v) is 22.4. The van der Waals surface area contributed by atoms with E-state index in [1.165, 1.54) is 12.8 Å². The first-order valence-corrected chi connectivity index (χ1v) is 11.4. The number of halogens is 1. The molecule has 3 rings (SSSR count). The van der Waals surface area contributed by atoms with Gasteiger partial charge in [-0.05, 0) is 70.1 Å². The minimum atomic E-state index is -0.467. The maximum atomic E-state index is 12.8. The summed E-state index contributed by atoms with van der Waals surface area (Å²) in [6.45, 7) is 9.04. The lowest BCUT2D eigenvalue weighted by molar-refractivity contribution is 0.00928. The van der Waals surface area contributed by atoms with Gasteiger partial charge in [-0.25, -0.2) is 4.79 Å². The number of hydrogen-bond donors (Lipinski definition) is 1. The molecule has 1 aliphatic heterocycles. The molecule has 1 aromatic carbocycles. The Morgan fingerprint density at radius 1 is 1.22 bits per heavy atom. The number of amides is 1. The number of aliphatic imine (C=N–C) groups is 1. The molecule has 1 aliphatic carbocycles. The highest BCUT2D eigenvalue weighted by Gasteiger charge is 2.35. The van der Waals surface area contributed by atoms with Crippen molar-refractivity contribution in [3.8, 4) is 5.75 Å². The van der Waals surface area contributed by atoms with Gasteiger partial charge in [0.2, 0.25) is 0 Å². The maximum absolute atomic E-state index is 12.8. The molecule has 0 unspecified atom stereocenters. The first-order valence-electron chi connectivity index (χ1n) is 11.4. The SMILES string of the molecule is CN=C(NCc1cccc(OC)c1)N1CCC(N(CC2CC2)C(=O)OC(C)(C)C)CC1.I. The fourth-order valence-electron chi connectivity index (χ4n) is 3.96. The molecule has 1 amide bonds. The van der Waals surface area contributed by atoms with Gasteiger partial charge >= 0.3 is 6.09 Å². The van der Waals surface area contributed by atoms with Crippen LogP contribution >= 0.6 is 24.0 Å². The molecule has 1 heterocycles. The number of methoxy groups -OCH3 is 1. The highest BCUT2D eigenvalue weighted by Crippen LogP contribution is 2.32. The highest BCUT2D eigenvalue weighted by molar-refractivity contribution is 14.0. The van der Waals surface area contributed by atoms with E-state index in [-0.39, 0.29) is 36.1 Å². The first-order chi connectivity index (χ1) is 14.8. The summed E-state index contributed by atoms with van der Waals surface area (Å²) < 4.78 is 11.0. The number of carbonyl (C=O) groups excluding carboxylic acids is 1. The van der Waals surface area contributed by atoms with Crippen molar-refractivity contribution >= 4 is 36.0 Å². The second-order valence-electron chi connectivity index (χ2n) is 9.55. The second kappa shape index (κ2) is 12.0. The first kappa shape index (κ1) is 26.5. The van der Waals surface area contributed by atoms with Crippen molar-refractivity contribution in [3.63, 3.8) is 0 Å². The molecule has 180 valence electrons. The third kappa shape index (κ3) is 8.01. The van der Waals surface area contributed by atoms with Gasteiger partial charge in [0.15, 0.2) is 5.96 Å². The summed E-state index contributed by atoms with van der Waals surface area (Å²) in [6.07, 6.45) is 4.12. The van der Waals surface area contributed by atoms with Crippen LogP contribution in [0.25, 0.3) is 0 Å². The van der Waals surface area contributed by atoms with Crippen LogP contribution < -0.4 is 10.1 Å². The van der Waals surface area contributed by atoms with Crippen molar-refractivity contribution in [3.05, 3.63) is 29.8 Å². The Labute approximate surface area is 209 Å². The molecule has 1 saturated carbocycles. The Morgan fingerprint density at radius 3 is 2.47 bits per heavy atom. The Kier molecular flexibility index (Phi) is 9.91. The molecule has 0 aromatic heterocycles. The number of benzene rings is 1. The van der Waals surface area contributed by atoms with Gasteiger partial charge in [0.05, 0.1) is 7.11 Å². The highest BCUT2D eigenvalue weighted by atomic mass is 127. The molecule has 1 N–H and O–H groups in total. The van der Waals surface area contributed by atoms with Crippen LogP contribution in [0, 0.1) is 5.92 Å². The zero-order chi connectivity index (χ0) is 22.4. The van der Waals surface area contributed by atoms with Crippen LogP contribution in [0.1, 0.15) is 52.0 Å². The molecule has 32 heavy (non-hydrogen) atoms. The lowest BCUT2D eigenvalue weighted by Crippen LogP contribution is -2.52. The quantitative estimate of drug-likeness (QED) is 0.317. The lowest BCUT2D eigenvalue weighted by atomic mass is 10.0. The fourth-order valence-corrected chi connectivity index (χ4v) is 3.96. The topological polar surface area (TPSA) is 66.4 Å². The Bertz CT molecular complexity index is 769. The average molecular weight is 559 g/mol. The third-order valence-electron chi connectivity index (χ3n) is 5.78. The van der Waals surface area contributed by atoms with E-state index in [9.17, 15) is 4.79 Å². The molecule has 1 saturated heterocycles. The minimum Gasteiger partial charge on any atom is -0.497 e. The number of rotatable bonds is 6. The third-order valence-corrected chi connectivity index (χ3v) is 5.78. The molecule has 2 fully saturated rings. The molecular formula is C24H39IN4O3. The minimum absolute atomic E-state index is 0. The van der Waals surface area contributed by atoms with Crippen LogP contribution in [0.4, 0.5) is 4.79 Å². The van der Waals surface area contributed by atoms with E-state index in [1.807, 2.05) is 50.9 Å². The monoisotopic (exact) mass is 558 g/mol. The van der Waals surface area contributed by atoms with Gasteiger partial charge in [-0.3, -0.25) is 4.99 Å². The van der Waals surface area contributed by atoms with E-state index in [1.54, 1.807) is 7.11 Å². The van der Waals surface area contributed by atoms with E-state index in [2.05, 4.69) is 21.3 Å². The van der Waals surface area contributed by atoms with Crippen LogP contribution in [0.5, 0.6) is 5.75 Å².